The van der Waals surface area contributed by atoms with Gasteiger partial charge in [0.15, 0.2) is 0 Å². The van der Waals surface area contributed by atoms with Crippen LogP contribution in [0.25, 0.3) is 11.4 Å². The fourth-order valence-electron chi connectivity index (χ4n) is 1.88. The summed E-state index contributed by atoms with van der Waals surface area (Å²) in [5.41, 5.74) is 3.75. The maximum absolute atomic E-state index is 4.43. The number of aryl methyl sites for hydroxylation is 1. The predicted octanol–water partition coefficient (Wildman–Crippen LogP) is 3.26. The smallest absolute Gasteiger partial charge is 0.137 e. The summed E-state index contributed by atoms with van der Waals surface area (Å²) in [4.78, 5) is 7.84. The molecule has 1 saturated carbocycles. The predicted molar refractivity (Wildman–Crippen MR) is 60.7 cm³/mol. The van der Waals surface area contributed by atoms with Crippen LogP contribution in [0.3, 0.4) is 0 Å². The van der Waals surface area contributed by atoms with Crippen LogP contribution in [0.1, 0.15) is 30.0 Å². The van der Waals surface area contributed by atoms with Crippen LogP contribution >= 0.6 is 0 Å². The summed E-state index contributed by atoms with van der Waals surface area (Å²) >= 11 is 0. The molecule has 1 aromatic carbocycles. The second kappa shape index (κ2) is 3.23. The topological polar surface area (TPSA) is 28.7 Å². The summed E-state index contributed by atoms with van der Waals surface area (Å²) in [6.45, 7) is 2.11. The fourth-order valence-corrected chi connectivity index (χ4v) is 1.88. The summed E-state index contributed by atoms with van der Waals surface area (Å²) in [6.07, 6.45) is 4.61. The monoisotopic (exact) mass is 198 g/mol. The van der Waals surface area contributed by atoms with Gasteiger partial charge in [-0.05, 0) is 25.8 Å². The Labute approximate surface area is 89.4 Å². The number of nitrogens with one attached hydrogen (secondary N) is 1. The first-order valence-electron chi connectivity index (χ1n) is 5.45. The minimum Gasteiger partial charge on any atom is -0.342 e. The first kappa shape index (κ1) is 8.72. The SMILES string of the molecule is Cc1cccc(-c2ncc(C3CC3)[nH]2)c1. The Bertz CT molecular complexity index is 481. The molecule has 0 unspecified atom stereocenters. The molecule has 3 rings (SSSR count). The van der Waals surface area contributed by atoms with Gasteiger partial charge in [0.25, 0.3) is 0 Å². The molecule has 1 fully saturated rings. The van der Waals surface area contributed by atoms with Gasteiger partial charge in [0.05, 0.1) is 0 Å². The second-order valence-electron chi connectivity index (χ2n) is 4.33. The zero-order chi connectivity index (χ0) is 10.3. The van der Waals surface area contributed by atoms with Gasteiger partial charge < -0.3 is 4.98 Å². The molecule has 0 radical (unpaired) electrons. The molecule has 2 nitrogen and oxygen atoms in total. The van der Waals surface area contributed by atoms with Crippen molar-refractivity contribution in [1.82, 2.24) is 9.97 Å². The molecule has 2 aromatic rings. The molecule has 1 aliphatic carbocycles. The van der Waals surface area contributed by atoms with Gasteiger partial charge in [0.1, 0.15) is 5.82 Å². The molecular weight excluding hydrogens is 184 g/mol. The van der Waals surface area contributed by atoms with E-state index in [0.29, 0.717) is 0 Å². The van der Waals surface area contributed by atoms with Crippen LogP contribution in [0.2, 0.25) is 0 Å². The number of hydrogen-bond donors (Lipinski definition) is 1. The van der Waals surface area contributed by atoms with Crippen LogP contribution in [0.4, 0.5) is 0 Å². The molecule has 0 bridgehead atoms. The molecule has 2 heteroatoms. The summed E-state index contributed by atoms with van der Waals surface area (Å²) in [7, 11) is 0. The van der Waals surface area contributed by atoms with Crippen molar-refractivity contribution in [3.63, 3.8) is 0 Å². The van der Waals surface area contributed by atoms with E-state index in [0.717, 1.165) is 11.7 Å². The maximum Gasteiger partial charge on any atom is 0.137 e. The van der Waals surface area contributed by atoms with Crippen molar-refractivity contribution in [2.75, 3.05) is 0 Å². The Balaban J connectivity index is 1.97. The average molecular weight is 198 g/mol. The number of imidazole rings is 1. The normalized spacial score (nSPS) is 15.5. The molecule has 1 N–H and O–H groups in total. The van der Waals surface area contributed by atoms with Gasteiger partial charge in [0.2, 0.25) is 0 Å². The molecule has 76 valence electrons. The Kier molecular flexibility index (Phi) is 1.88. The number of benzene rings is 1. The standard InChI is InChI=1S/C13H14N2/c1-9-3-2-4-11(7-9)13-14-8-12(15-13)10-5-6-10/h2-4,7-8,10H,5-6H2,1H3,(H,14,15). The van der Waals surface area contributed by atoms with Gasteiger partial charge in [-0.3, -0.25) is 0 Å². The lowest BCUT2D eigenvalue weighted by Gasteiger charge is -1.98. The van der Waals surface area contributed by atoms with Crippen LogP contribution in [-0.4, -0.2) is 9.97 Å². The third kappa shape index (κ3) is 1.67. The van der Waals surface area contributed by atoms with E-state index in [1.165, 1.54) is 29.7 Å². The Morgan fingerprint density at radius 2 is 2.20 bits per heavy atom. The van der Waals surface area contributed by atoms with E-state index in [1.807, 2.05) is 6.20 Å². The van der Waals surface area contributed by atoms with Crippen LogP contribution in [0, 0.1) is 6.92 Å². The highest BCUT2D eigenvalue weighted by molar-refractivity contribution is 5.56. The highest BCUT2D eigenvalue weighted by atomic mass is 14.9. The van der Waals surface area contributed by atoms with Crippen molar-refractivity contribution in [1.29, 1.82) is 0 Å². The Morgan fingerprint density at radius 1 is 1.33 bits per heavy atom. The number of aromatic nitrogens is 2. The van der Waals surface area contributed by atoms with Gasteiger partial charge in [-0.25, -0.2) is 4.98 Å². The van der Waals surface area contributed by atoms with E-state index < -0.39 is 0 Å². The zero-order valence-electron chi connectivity index (χ0n) is 8.83. The third-order valence-electron chi connectivity index (χ3n) is 2.90. The number of hydrogen-bond acceptors (Lipinski definition) is 1. The first-order chi connectivity index (χ1) is 7.33. The van der Waals surface area contributed by atoms with Gasteiger partial charge >= 0.3 is 0 Å². The molecule has 1 aliphatic rings. The molecule has 1 aromatic heterocycles. The second-order valence-corrected chi connectivity index (χ2v) is 4.33. The van der Waals surface area contributed by atoms with E-state index in [4.69, 9.17) is 0 Å². The molecule has 0 saturated heterocycles. The van der Waals surface area contributed by atoms with E-state index in [9.17, 15) is 0 Å². The number of rotatable bonds is 2. The van der Waals surface area contributed by atoms with Gasteiger partial charge in [0, 0.05) is 23.4 Å². The van der Waals surface area contributed by atoms with Crippen molar-refractivity contribution in [3.8, 4) is 11.4 Å². The Hall–Kier alpha value is -1.57. The number of aromatic amines is 1. The lowest BCUT2D eigenvalue weighted by atomic mass is 10.1. The molecule has 0 aliphatic heterocycles. The highest BCUT2D eigenvalue weighted by Gasteiger charge is 2.25. The van der Waals surface area contributed by atoms with Crippen molar-refractivity contribution in [3.05, 3.63) is 41.7 Å². The van der Waals surface area contributed by atoms with Crippen LogP contribution < -0.4 is 0 Å². The minimum absolute atomic E-state index is 0.746. The minimum atomic E-state index is 0.746. The molecule has 0 amide bonds. The van der Waals surface area contributed by atoms with Gasteiger partial charge in [-0.2, -0.15) is 0 Å². The number of nitrogens with zero attached hydrogens (tertiary/aromatic N) is 1. The van der Waals surface area contributed by atoms with Crippen LogP contribution in [0.15, 0.2) is 30.5 Å². The van der Waals surface area contributed by atoms with E-state index >= 15 is 0 Å². The van der Waals surface area contributed by atoms with Gasteiger partial charge in [-0.15, -0.1) is 0 Å². The molecule has 0 spiro atoms. The highest BCUT2D eigenvalue weighted by Crippen LogP contribution is 2.39. The van der Waals surface area contributed by atoms with Crippen LogP contribution in [0.5, 0.6) is 0 Å². The Morgan fingerprint density at radius 3 is 2.93 bits per heavy atom. The maximum atomic E-state index is 4.43. The fraction of sp³-hybridized carbons (Fsp3) is 0.308. The summed E-state index contributed by atoms with van der Waals surface area (Å²) < 4.78 is 0. The lowest BCUT2D eigenvalue weighted by Crippen LogP contribution is -1.82. The average Bonchev–Trinajstić information content (AvgIpc) is 2.97. The molecule has 1 heterocycles. The zero-order valence-corrected chi connectivity index (χ0v) is 8.83. The van der Waals surface area contributed by atoms with E-state index in [2.05, 4.69) is 41.2 Å². The van der Waals surface area contributed by atoms with Gasteiger partial charge in [-0.1, -0.05) is 23.8 Å². The summed E-state index contributed by atoms with van der Waals surface area (Å²) in [5.74, 6) is 1.75. The van der Waals surface area contributed by atoms with Crippen LogP contribution in [-0.2, 0) is 0 Å². The quantitative estimate of drug-likeness (QED) is 0.788. The number of H-pyrrole nitrogens is 1. The molecular formula is C13H14N2. The van der Waals surface area contributed by atoms with E-state index in [1.54, 1.807) is 0 Å². The van der Waals surface area contributed by atoms with Crippen molar-refractivity contribution >= 4 is 0 Å². The molecule has 0 atom stereocenters. The summed E-state index contributed by atoms with van der Waals surface area (Å²) in [6, 6.07) is 8.44. The lowest BCUT2D eigenvalue weighted by molar-refractivity contribution is 1.05. The third-order valence-corrected chi connectivity index (χ3v) is 2.90. The van der Waals surface area contributed by atoms with E-state index in [-0.39, 0.29) is 0 Å². The molecule has 15 heavy (non-hydrogen) atoms. The summed E-state index contributed by atoms with van der Waals surface area (Å²) in [5, 5.41) is 0. The first-order valence-corrected chi connectivity index (χ1v) is 5.45. The largest absolute Gasteiger partial charge is 0.342 e. The van der Waals surface area contributed by atoms with Crippen molar-refractivity contribution in [2.45, 2.75) is 25.7 Å². The van der Waals surface area contributed by atoms with Crippen molar-refractivity contribution < 1.29 is 0 Å². The van der Waals surface area contributed by atoms with Crippen molar-refractivity contribution in [2.24, 2.45) is 0 Å².